The van der Waals surface area contributed by atoms with Crippen LogP contribution in [0.15, 0.2) is 66.7 Å². The number of aromatic nitrogens is 3. The number of imidazole rings is 1. The van der Waals surface area contributed by atoms with Crippen LogP contribution in [0, 0.1) is 10.1 Å². The summed E-state index contributed by atoms with van der Waals surface area (Å²) in [5.74, 6) is 0.394. The molecule has 1 unspecified atom stereocenters. The summed E-state index contributed by atoms with van der Waals surface area (Å²) < 4.78 is 0. The third kappa shape index (κ3) is 4.58. The normalized spacial score (nSPS) is 16.2. The number of carbonyl (C=O) groups excluding carboxylic acids is 1. The molecule has 4 aromatic rings. The Bertz CT molecular complexity index is 1300. The number of nitrogens with one attached hydrogen (secondary N) is 2. The van der Waals surface area contributed by atoms with Gasteiger partial charge in [0.05, 0.1) is 16.0 Å². The highest BCUT2D eigenvalue weighted by molar-refractivity contribution is 5.93. The number of non-ortho nitro benzene ring substituents is 1. The van der Waals surface area contributed by atoms with Crippen LogP contribution in [0.5, 0.6) is 0 Å². The van der Waals surface area contributed by atoms with E-state index in [0.717, 1.165) is 29.6 Å². The lowest BCUT2D eigenvalue weighted by Crippen LogP contribution is -2.37. The van der Waals surface area contributed by atoms with E-state index in [-0.39, 0.29) is 22.6 Å². The Balaban J connectivity index is 1.23. The first-order valence-electron chi connectivity index (χ1n) is 10.7. The average molecular weight is 442 g/mol. The maximum atomic E-state index is 12.8. The van der Waals surface area contributed by atoms with E-state index < -0.39 is 0 Å². The second-order valence-electron chi connectivity index (χ2n) is 8.13. The minimum Gasteiger partial charge on any atom is -0.347 e. The van der Waals surface area contributed by atoms with Gasteiger partial charge in [-0.25, -0.2) is 9.97 Å². The molecule has 9 heteroatoms. The summed E-state index contributed by atoms with van der Waals surface area (Å²) in [6, 6.07) is 19.7. The zero-order valence-corrected chi connectivity index (χ0v) is 17.8. The highest BCUT2D eigenvalue weighted by Gasteiger charge is 2.25. The summed E-state index contributed by atoms with van der Waals surface area (Å²) in [6.07, 6.45) is 0.809. The van der Waals surface area contributed by atoms with E-state index in [0.29, 0.717) is 30.3 Å². The molecule has 2 aromatic carbocycles. The molecule has 33 heavy (non-hydrogen) atoms. The molecular formula is C24H22N6O3. The van der Waals surface area contributed by atoms with Crippen LogP contribution in [0.2, 0.25) is 0 Å². The van der Waals surface area contributed by atoms with Crippen molar-refractivity contribution in [1.82, 2.24) is 25.2 Å². The van der Waals surface area contributed by atoms with Crippen LogP contribution < -0.4 is 5.32 Å². The van der Waals surface area contributed by atoms with E-state index in [1.807, 2.05) is 36.4 Å². The van der Waals surface area contributed by atoms with Crippen LogP contribution in [-0.2, 0) is 6.54 Å². The van der Waals surface area contributed by atoms with Gasteiger partial charge in [-0.2, -0.15) is 0 Å². The van der Waals surface area contributed by atoms with Crippen LogP contribution in [0.1, 0.15) is 22.5 Å². The second kappa shape index (κ2) is 8.79. The van der Waals surface area contributed by atoms with Crippen molar-refractivity contribution in [3.63, 3.8) is 0 Å². The molecule has 0 spiro atoms. The summed E-state index contributed by atoms with van der Waals surface area (Å²) in [4.78, 5) is 37.9. The van der Waals surface area contributed by atoms with Crippen molar-refractivity contribution >= 4 is 22.6 Å². The Labute approximate surface area is 189 Å². The van der Waals surface area contributed by atoms with Crippen LogP contribution in [0.4, 0.5) is 5.69 Å². The lowest BCUT2D eigenvalue weighted by atomic mass is 10.2. The Morgan fingerprint density at radius 3 is 2.82 bits per heavy atom. The zero-order valence-electron chi connectivity index (χ0n) is 17.8. The fourth-order valence-electron chi connectivity index (χ4n) is 4.15. The van der Waals surface area contributed by atoms with E-state index in [2.05, 4.69) is 25.2 Å². The summed E-state index contributed by atoms with van der Waals surface area (Å²) in [5.41, 5.74) is 3.68. The van der Waals surface area contributed by atoms with Gasteiger partial charge < -0.3 is 10.3 Å². The number of pyridine rings is 1. The lowest BCUT2D eigenvalue weighted by Gasteiger charge is -2.16. The minimum absolute atomic E-state index is 0.00662. The Hall–Kier alpha value is -4.11. The Morgan fingerprint density at radius 2 is 1.97 bits per heavy atom. The van der Waals surface area contributed by atoms with Crippen molar-refractivity contribution in [2.24, 2.45) is 0 Å². The van der Waals surface area contributed by atoms with Gasteiger partial charge in [0.2, 0.25) is 0 Å². The summed E-state index contributed by atoms with van der Waals surface area (Å²) >= 11 is 0. The molecule has 1 fully saturated rings. The van der Waals surface area contributed by atoms with Gasteiger partial charge in [0.1, 0.15) is 11.4 Å². The van der Waals surface area contributed by atoms with E-state index >= 15 is 0 Å². The number of carbonyl (C=O) groups is 1. The highest BCUT2D eigenvalue weighted by atomic mass is 16.6. The molecule has 1 amide bonds. The van der Waals surface area contributed by atoms with Crippen molar-refractivity contribution in [1.29, 1.82) is 0 Å². The molecule has 9 nitrogen and oxygen atoms in total. The molecule has 0 radical (unpaired) electrons. The van der Waals surface area contributed by atoms with Crippen LogP contribution in [-0.4, -0.2) is 49.8 Å². The molecule has 1 aliphatic heterocycles. The fourth-order valence-corrected chi connectivity index (χ4v) is 4.15. The maximum absolute atomic E-state index is 12.8. The molecule has 0 bridgehead atoms. The van der Waals surface area contributed by atoms with Gasteiger partial charge in [-0.05, 0) is 36.2 Å². The predicted octanol–water partition coefficient (Wildman–Crippen LogP) is 3.54. The number of hydrogen-bond donors (Lipinski definition) is 2. The van der Waals surface area contributed by atoms with Crippen LogP contribution in [0.25, 0.3) is 22.6 Å². The first-order valence-corrected chi connectivity index (χ1v) is 10.7. The first kappa shape index (κ1) is 20.8. The predicted molar refractivity (Wildman–Crippen MR) is 124 cm³/mol. The minimum atomic E-state index is -0.386. The van der Waals surface area contributed by atoms with Gasteiger partial charge in [-0.3, -0.25) is 19.8 Å². The number of nitro groups is 1. The van der Waals surface area contributed by atoms with Crippen LogP contribution >= 0.6 is 0 Å². The molecule has 1 saturated heterocycles. The molecule has 2 aromatic heterocycles. The van der Waals surface area contributed by atoms with Crippen molar-refractivity contribution in [3.05, 3.63) is 88.1 Å². The number of fused-ring (bicyclic) bond motifs is 1. The summed E-state index contributed by atoms with van der Waals surface area (Å²) in [5, 5.41) is 14.1. The maximum Gasteiger partial charge on any atom is 0.270 e. The van der Waals surface area contributed by atoms with Gasteiger partial charge in [0.25, 0.3) is 11.6 Å². The Morgan fingerprint density at radius 1 is 1.12 bits per heavy atom. The SMILES string of the molecule is O=C(NC1CCN(Cc2cccc([N+](=O)[O-])c2)C1)c1cccc(-c2nc3ccccc3[nH]2)n1. The van der Waals surface area contributed by atoms with Crippen molar-refractivity contribution in [3.8, 4) is 11.5 Å². The third-order valence-corrected chi connectivity index (χ3v) is 5.75. The van der Waals surface area contributed by atoms with Crippen LogP contribution in [0.3, 0.4) is 0 Å². The van der Waals surface area contributed by atoms with E-state index in [1.165, 1.54) is 6.07 Å². The van der Waals surface area contributed by atoms with Gasteiger partial charge in [-0.1, -0.05) is 30.3 Å². The van der Waals surface area contributed by atoms with Gasteiger partial charge in [-0.15, -0.1) is 0 Å². The molecule has 1 atom stereocenters. The molecule has 5 rings (SSSR count). The van der Waals surface area contributed by atoms with Crippen molar-refractivity contribution < 1.29 is 9.72 Å². The molecule has 166 valence electrons. The number of nitrogens with zero attached hydrogens (tertiary/aromatic N) is 4. The number of H-pyrrole nitrogens is 1. The molecule has 1 aliphatic rings. The van der Waals surface area contributed by atoms with Gasteiger partial charge in [0.15, 0.2) is 5.82 Å². The smallest absolute Gasteiger partial charge is 0.270 e. The summed E-state index contributed by atoms with van der Waals surface area (Å²) in [7, 11) is 0. The number of rotatable bonds is 6. The topological polar surface area (TPSA) is 117 Å². The number of hydrogen-bond acceptors (Lipinski definition) is 6. The number of aromatic amines is 1. The summed E-state index contributed by atoms with van der Waals surface area (Å²) in [6.45, 7) is 2.09. The van der Waals surface area contributed by atoms with E-state index in [4.69, 9.17) is 0 Å². The van der Waals surface area contributed by atoms with E-state index in [9.17, 15) is 14.9 Å². The number of amides is 1. The van der Waals surface area contributed by atoms with Gasteiger partial charge >= 0.3 is 0 Å². The number of nitro benzene ring substituents is 1. The van der Waals surface area contributed by atoms with Gasteiger partial charge in [0, 0.05) is 37.8 Å². The average Bonchev–Trinajstić information content (AvgIpc) is 3.46. The Kier molecular flexibility index (Phi) is 5.54. The number of likely N-dealkylation sites (tertiary alicyclic amines) is 1. The molecule has 3 heterocycles. The highest BCUT2D eigenvalue weighted by Crippen LogP contribution is 2.20. The van der Waals surface area contributed by atoms with E-state index in [1.54, 1.807) is 24.3 Å². The second-order valence-corrected chi connectivity index (χ2v) is 8.13. The standard InChI is InChI=1S/C24H22N6O3/c31-24(22-10-4-9-21(26-22)23-27-19-7-1-2-8-20(19)28-23)25-17-11-12-29(15-17)14-16-5-3-6-18(13-16)30(32)33/h1-10,13,17H,11-12,14-15H2,(H,25,31)(H,27,28). The zero-order chi connectivity index (χ0) is 22.8. The first-order chi connectivity index (χ1) is 16.0. The molecule has 0 saturated carbocycles. The van der Waals surface area contributed by atoms with Crippen molar-refractivity contribution in [2.75, 3.05) is 13.1 Å². The third-order valence-electron chi connectivity index (χ3n) is 5.75. The van der Waals surface area contributed by atoms with Crippen molar-refractivity contribution in [2.45, 2.75) is 19.0 Å². The quantitative estimate of drug-likeness (QED) is 0.348. The largest absolute Gasteiger partial charge is 0.347 e. The molecular weight excluding hydrogens is 420 g/mol. The number of benzene rings is 2. The lowest BCUT2D eigenvalue weighted by molar-refractivity contribution is -0.384. The molecule has 0 aliphatic carbocycles. The molecule has 2 N–H and O–H groups in total. The fraction of sp³-hybridized carbons (Fsp3) is 0.208. The monoisotopic (exact) mass is 442 g/mol. The number of para-hydroxylation sites is 2.